The first-order chi connectivity index (χ1) is 12.8. The Morgan fingerprint density at radius 1 is 1.04 bits per heavy atom. The second kappa shape index (κ2) is 9.44. The first-order valence-corrected chi connectivity index (χ1v) is 8.94. The molecule has 2 aromatic carbocycles. The van der Waals surface area contributed by atoms with Gasteiger partial charge in [0, 0.05) is 13.6 Å². The van der Waals surface area contributed by atoms with Gasteiger partial charge in [-0.15, -0.1) is 0 Å². The Morgan fingerprint density at radius 2 is 1.70 bits per heavy atom. The Bertz CT molecular complexity index is 854. The number of hydrogen-bond acceptors (Lipinski definition) is 4. The van der Waals surface area contributed by atoms with Gasteiger partial charge in [-0.2, -0.15) is 0 Å². The molecule has 0 saturated carbocycles. The summed E-state index contributed by atoms with van der Waals surface area (Å²) in [4.78, 5) is 26.5. The van der Waals surface area contributed by atoms with Gasteiger partial charge in [0.15, 0.2) is 5.88 Å². The second-order valence-corrected chi connectivity index (χ2v) is 6.89. The molecule has 0 aliphatic rings. The van der Waals surface area contributed by atoms with E-state index in [4.69, 9.17) is 23.2 Å². The average molecular weight is 407 g/mol. The van der Waals surface area contributed by atoms with Crippen LogP contribution in [0, 0.1) is 0 Å². The number of carbonyl (C=O) groups excluding carboxylic acids is 2. The van der Waals surface area contributed by atoms with Crippen LogP contribution in [0.15, 0.2) is 60.0 Å². The Balaban J connectivity index is 2.14. The number of benzene rings is 2. The number of halogens is 2. The molecule has 2 rings (SSSR count). The molecular formula is C20H20Cl2N2O3. The third kappa shape index (κ3) is 5.49. The van der Waals surface area contributed by atoms with Crippen LogP contribution in [0.1, 0.15) is 18.1 Å². The van der Waals surface area contributed by atoms with Crippen molar-refractivity contribution in [3.63, 3.8) is 0 Å². The zero-order valence-electron chi connectivity index (χ0n) is 15.0. The number of carbonyl (C=O) groups is 2. The van der Waals surface area contributed by atoms with Gasteiger partial charge >= 0.3 is 0 Å². The predicted octanol–water partition coefficient (Wildman–Crippen LogP) is 4.40. The van der Waals surface area contributed by atoms with Crippen LogP contribution >= 0.6 is 23.2 Å². The van der Waals surface area contributed by atoms with Crippen molar-refractivity contribution in [2.45, 2.75) is 20.0 Å². The minimum atomic E-state index is -0.563. The van der Waals surface area contributed by atoms with Gasteiger partial charge in [-0.25, -0.2) is 0 Å². The second-order valence-electron chi connectivity index (χ2n) is 6.08. The van der Waals surface area contributed by atoms with Crippen molar-refractivity contribution < 1.29 is 14.7 Å². The number of aliphatic hydroxyl groups is 1. The Hall–Kier alpha value is -2.50. The zero-order valence-corrected chi connectivity index (χ0v) is 16.5. The summed E-state index contributed by atoms with van der Waals surface area (Å²) in [5, 5.41) is 11.3. The molecule has 0 atom stereocenters. The lowest BCUT2D eigenvalue weighted by Gasteiger charge is -2.22. The van der Waals surface area contributed by atoms with Crippen LogP contribution in [0.2, 0.25) is 10.0 Å². The monoisotopic (exact) mass is 406 g/mol. The molecular weight excluding hydrogens is 387 g/mol. The maximum atomic E-state index is 12.6. The molecule has 0 fully saturated rings. The fraction of sp³-hybridized carbons (Fsp3) is 0.200. The van der Waals surface area contributed by atoms with Gasteiger partial charge in [-0.1, -0.05) is 59.6 Å². The van der Waals surface area contributed by atoms with Crippen molar-refractivity contribution in [2.24, 2.45) is 0 Å². The molecule has 27 heavy (non-hydrogen) atoms. The van der Waals surface area contributed by atoms with Crippen molar-refractivity contribution in [3.05, 3.63) is 81.2 Å². The van der Waals surface area contributed by atoms with Gasteiger partial charge in [-0.05, 0) is 30.2 Å². The van der Waals surface area contributed by atoms with Gasteiger partial charge in [0.05, 0.1) is 22.2 Å². The van der Waals surface area contributed by atoms with E-state index in [1.807, 2.05) is 30.3 Å². The average Bonchev–Trinajstić information content (AvgIpc) is 2.68. The number of rotatable bonds is 7. The van der Waals surface area contributed by atoms with Crippen molar-refractivity contribution in [2.75, 3.05) is 7.05 Å². The summed E-state index contributed by atoms with van der Waals surface area (Å²) < 4.78 is 0. The highest BCUT2D eigenvalue weighted by atomic mass is 35.5. The van der Waals surface area contributed by atoms with E-state index in [0.29, 0.717) is 23.0 Å². The minimum Gasteiger partial charge on any atom is -0.494 e. The molecule has 0 aromatic heterocycles. The van der Waals surface area contributed by atoms with Crippen molar-refractivity contribution in [1.82, 2.24) is 9.80 Å². The SMILES string of the molecule is C/C(C(=O)N(C=O)Cc1ccccc1)=C(\O)N(C)Cc1ccc(Cl)c(Cl)c1. The number of nitrogens with zero attached hydrogens (tertiary/aromatic N) is 2. The van der Waals surface area contributed by atoms with Crippen molar-refractivity contribution in [3.8, 4) is 0 Å². The van der Waals surface area contributed by atoms with Crippen LogP contribution in [-0.4, -0.2) is 34.3 Å². The molecule has 0 aliphatic carbocycles. The zero-order chi connectivity index (χ0) is 20.0. The summed E-state index contributed by atoms with van der Waals surface area (Å²) in [6, 6.07) is 14.3. The number of hydrogen-bond donors (Lipinski definition) is 1. The van der Waals surface area contributed by atoms with Gasteiger partial charge in [0.1, 0.15) is 0 Å². The van der Waals surface area contributed by atoms with E-state index in [1.54, 1.807) is 25.2 Å². The highest BCUT2D eigenvalue weighted by molar-refractivity contribution is 6.42. The van der Waals surface area contributed by atoms with Gasteiger partial charge in [0.25, 0.3) is 5.91 Å². The Kier molecular flexibility index (Phi) is 7.28. The molecule has 2 amide bonds. The van der Waals surface area contributed by atoms with Crippen LogP contribution in [0.3, 0.4) is 0 Å². The maximum absolute atomic E-state index is 12.6. The maximum Gasteiger partial charge on any atom is 0.261 e. The standard InChI is InChI=1S/C20H20Cl2N2O3/c1-14(20(27)24(13-25)12-15-6-4-3-5-7-15)19(26)23(2)11-16-8-9-17(21)18(22)10-16/h3-10,13,26H,11-12H2,1-2H3/b19-14+. The number of aliphatic hydroxyl groups excluding tert-OH is 1. The Morgan fingerprint density at radius 3 is 2.30 bits per heavy atom. The third-order valence-corrected chi connectivity index (χ3v) is 4.74. The smallest absolute Gasteiger partial charge is 0.261 e. The highest BCUT2D eigenvalue weighted by Gasteiger charge is 2.20. The van der Waals surface area contributed by atoms with E-state index >= 15 is 0 Å². The van der Waals surface area contributed by atoms with Crippen LogP contribution in [-0.2, 0) is 22.7 Å². The van der Waals surface area contributed by atoms with Crippen LogP contribution in [0.25, 0.3) is 0 Å². The lowest BCUT2D eigenvalue weighted by atomic mass is 10.2. The molecule has 0 spiro atoms. The first-order valence-electron chi connectivity index (χ1n) is 8.18. The fourth-order valence-corrected chi connectivity index (χ4v) is 2.84. The molecule has 0 saturated heterocycles. The molecule has 0 radical (unpaired) electrons. The summed E-state index contributed by atoms with van der Waals surface area (Å²) in [6.07, 6.45) is 0.463. The predicted molar refractivity (Wildman–Crippen MR) is 106 cm³/mol. The fourth-order valence-electron chi connectivity index (χ4n) is 2.52. The van der Waals surface area contributed by atoms with Crippen molar-refractivity contribution >= 4 is 35.5 Å². The quantitative estimate of drug-likeness (QED) is 0.420. The highest BCUT2D eigenvalue weighted by Crippen LogP contribution is 2.24. The number of imide groups is 1. The molecule has 0 unspecified atom stereocenters. The first kappa shape index (κ1) is 20.8. The topological polar surface area (TPSA) is 60.9 Å². The van der Waals surface area contributed by atoms with E-state index in [2.05, 4.69) is 0 Å². The lowest BCUT2D eigenvalue weighted by Crippen LogP contribution is -2.32. The molecule has 0 bridgehead atoms. The number of amides is 2. The minimum absolute atomic E-state index is 0.0700. The van der Waals surface area contributed by atoms with E-state index in [-0.39, 0.29) is 18.0 Å². The van der Waals surface area contributed by atoms with E-state index in [0.717, 1.165) is 16.0 Å². The Labute approximate surface area is 168 Å². The van der Waals surface area contributed by atoms with E-state index < -0.39 is 5.91 Å². The summed E-state index contributed by atoms with van der Waals surface area (Å²) in [5.74, 6) is -0.779. The lowest BCUT2D eigenvalue weighted by molar-refractivity contribution is -0.136. The summed E-state index contributed by atoms with van der Waals surface area (Å²) >= 11 is 11.9. The molecule has 142 valence electrons. The summed E-state index contributed by atoms with van der Waals surface area (Å²) in [6.45, 7) is 1.92. The molecule has 5 nitrogen and oxygen atoms in total. The van der Waals surface area contributed by atoms with E-state index in [9.17, 15) is 14.7 Å². The summed E-state index contributed by atoms with van der Waals surface area (Å²) in [5.41, 5.74) is 1.70. The van der Waals surface area contributed by atoms with Gasteiger partial charge in [0.2, 0.25) is 6.41 Å². The molecule has 0 aliphatic heterocycles. The van der Waals surface area contributed by atoms with E-state index in [1.165, 1.54) is 11.8 Å². The summed E-state index contributed by atoms with van der Waals surface area (Å²) in [7, 11) is 1.64. The third-order valence-electron chi connectivity index (χ3n) is 4.01. The van der Waals surface area contributed by atoms with Gasteiger partial charge in [-0.3, -0.25) is 14.5 Å². The molecule has 2 aromatic rings. The largest absolute Gasteiger partial charge is 0.494 e. The van der Waals surface area contributed by atoms with Gasteiger partial charge < -0.3 is 10.0 Å². The molecule has 0 heterocycles. The normalized spacial score (nSPS) is 11.6. The molecule has 7 heteroatoms. The van der Waals surface area contributed by atoms with Crippen molar-refractivity contribution in [1.29, 1.82) is 0 Å². The molecule has 1 N–H and O–H groups in total. The van der Waals surface area contributed by atoms with Crippen LogP contribution in [0.5, 0.6) is 0 Å². The van der Waals surface area contributed by atoms with Crippen LogP contribution < -0.4 is 0 Å². The van der Waals surface area contributed by atoms with Crippen LogP contribution in [0.4, 0.5) is 0 Å².